The van der Waals surface area contributed by atoms with Gasteiger partial charge in [-0.25, -0.2) is 0 Å². The molecule has 0 bridgehead atoms. The van der Waals surface area contributed by atoms with Crippen molar-refractivity contribution in [1.82, 2.24) is 15.1 Å². The summed E-state index contributed by atoms with van der Waals surface area (Å²) in [5.41, 5.74) is 0. The van der Waals surface area contributed by atoms with Crippen LogP contribution < -0.4 is 5.32 Å². The lowest BCUT2D eigenvalue weighted by atomic mass is 9.95. The lowest BCUT2D eigenvalue weighted by Crippen LogP contribution is -2.35. The van der Waals surface area contributed by atoms with Crippen molar-refractivity contribution in [3.05, 3.63) is 16.9 Å². The maximum atomic E-state index is 4.26. The summed E-state index contributed by atoms with van der Waals surface area (Å²) in [6.07, 6.45) is 9.63. The van der Waals surface area contributed by atoms with Crippen LogP contribution in [0.4, 0.5) is 0 Å². The molecule has 1 N–H and O–H groups in total. The molecule has 0 spiro atoms. The minimum Gasteiger partial charge on any atom is -0.312 e. The Labute approximate surface area is 105 Å². The molecule has 0 aliphatic heterocycles. The van der Waals surface area contributed by atoms with Crippen molar-refractivity contribution >= 4 is 15.9 Å². The monoisotopic (exact) mass is 283 g/mol. The van der Waals surface area contributed by atoms with Crippen LogP contribution in [0.2, 0.25) is 0 Å². The highest BCUT2D eigenvalue weighted by Gasteiger charge is 2.44. The molecule has 3 atom stereocenters. The van der Waals surface area contributed by atoms with Crippen molar-refractivity contribution in [3.8, 4) is 0 Å². The fraction of sp³-hybridized carbons (Fsp3) is 0.750. The van der Waals surface area contributed by atoms with Gasteiger partial charge in [-0.1, -0.05) is 12.8 Å². The lowest BCUT2D eigenvalue weighted by molar-refractivity contribution is 0.346. The number of nitrogens with one attached hydrogen (secondary N) is 1. The molecular formula is C12H18BrN3. The molecule has 1 heterocycles. The molecule has 1 aromatic rings. The molecule has 2 fully saturated rings. The normalized spacial score (nSPS) is 32.4. The van der Waals surface area contributed by atoms with Gasteiger partial charge in [-0.15, -0.1) is 0 Å². The van der Waals surface area contributed by atoms with Gasteiger partial charge in [0.15, 0.2) is 0 Å². The van der Waals surface area contributed by atoms with Crippen LogP contribution in [0, 0.1) is 11.8 Å². The summed E-state index contributed by atoms with van der Waals surface area (Å²) in [6.45, 7) is 2.02. The molecule has 0 aromatic carbocycles. The fourth-order valence-corrected chi connectivity index (χ4v) is 3.32. The highest BCUT2D eigenvalue weighted by Crippen LogP contribution is 2.49. The third kappa shape index (κ3) is 2.33. The Bertz CT molecular complexity index is 363. The average molecular weight is 284 g/mol. The topological polar surface area (TPSA) is 29.9 Å². The quantitative estimate of drug-likeness (QED) is 0.920. The van der Waals surface area contributed by atoms with Crippen molar-refractivity contribution < 1.29 is 0 Å². The number of aromatic nitrogens is 2. The van der Waals surface area contributed by atoms with Gasteiger partial charge in [-0.2, -0.15) is 5.10 Å². The van der Waals surface area contributed by atoms with E-state index in [2.05, 4.69) is 26.3 Å². The zero-order chi connectivity index (χ0) is 11.0. The van der Waals surface area contributed by atoms with Crippen LogP contribution in [0.25, 0.3) is 0 Å². The Morgan fingerprint density at radius 2 is 2.44 bits per heavy atom. The number of halogens is 1. The summed E-state index contributed by atoms with van der Waals surface area (Å²) >= 11 is 3.41. The van der Waals surface area contributed by atoms with Crippen LogP contribution in [0.1, 0.15) is 25.7 Å². The van der Waals surface area contributed by atoms with E-state index in [1.807, 2.05) is 17.1 Å². The van der Waals surface area contributed by atoms with Crippen LogP contribution in [0.5, 0.6) is 0 Å². The Balaban J connectivity index is 1.43. The van der Waals surface area contributed by atoms with E-state index >= 15 is 0 Å². The molecule has 2 saturated carbocycles. The minimum absolute atomic E-state index is 0.790. The lowest BCUT2D eigenvalue weighted by Gasteiger charge is -2.22. The van der Waals surface area contributed by atoms with Crippen LogP contribution >= 0.6 is 15.9 Å². The fourth-order valence-electron chi connectivity index (χ4n) is 2.99. The molecule has 1 unspecified atom stereocenters. The van der Waals surface area contributed by atoms with Crippen LogP contribution in [-0.2, 0) is 6.54 Å². The van der Waals surface area contributed by atoms with Gasteiger partial charge >= 0.3 is 0 Å². The first-order valence-corrected chi connectivity index (χ1v) is 7.03. The summed E-state index contributed by atoms with van der Waals surface area (Å²) in [6, 6.07) is 0.790. The standard InChI is InChI=1S/C12H18BrN3/c13-10-7-15-16(8-10)5-4-14-12-3-1-2-9-6-11(9)12/h7-9,11-12,14H,1-6H2/t9-,11+,12?/m0/s1. The van der Waals surface area contributed by atoms with Gasteiger partial charge in [0, 0.05) is 18.8 Å². The number of rotatable bonds is 4. The molecule has 1 aromatic heterocycles. The van der Waals surface area contributed by atoms with Crippen LogP contribution in [0.15, 0.2) is 16.9 Å². The second-order valence-electron chi connectivity index (χ2n) is 5.07. The Kier molecular flexibility index (Phi) is 3.03. The van der Waals surface area contributed by atoms with Crippen LogP contribution in [-0.4, -0.2) is 22.4 Å². The first-order chi connectivity index (χ1) is 7.83. The van der Waals surface area contributed by atoms with Crippen molar-refractivity contribution in [2.24, 2.45) is 11.8 Å². The molecule has 88 valence electrons. The molecule has 3 nitrogen and oxygen atoms in total. The van der Waals surface area contributed by atoms with Gasteiger partial charge in [0.2, 0.25) is 0 Å². The summed E-state index contributed by atoms with van der Waals surface area (Å²) in [7, 11) is 0. The van der Waals surface area contributed by atoms with E-state index in [9.17, 15) is 0 Å². The Hall–Kier alpha value is -0.350. The molecule has 2 aliphatic rings. The summed E-state index contributed by atoms with van der Waals surface area (Å²) < 4.78 is 3.05. The van der Waals surface area contributed by atoms with E-state index in [1.165, 1.54) is 25.7 Å². The number of hydrogen-bond acceptors (Lipinski definition) is 2. The van der Waals surface area contributed by atoms with Crippen LogP contribution in [0.3, 0.4) is 0 Å². The Morgan fingerprint density at radius 1 is 1.50 bits per heavy atom. The first-order valence-electron chi connectivity index (χ1n) is 6.24. The predicted molar refractivity (Wildman–Crippen MR) is 67.2 cm³/mol. The van der Waals surface area contributed by atoms with E-state index in [-0.39, 0.29) is 0 Å². The average Bonchev–Trinajstić information content (AvgIpc) is 2.96. The molecular weight excluding hydrogens is 266 g/mol. The van der Waals surface area contributed by atoms with E-state index < -0.39 is 0 Å². The van der Waals surface area contributed by atoms with Crippen molar-refractivity contribution in [2.45, 2.75) is 38.3 Å². The van der Waals surface area contributed by atoms with Gasteiger partial charge in [-0.05, 0) is 40.6 Å². The third-order valence-corrected chi connectivity index (χ3v) is 4.34. The zero-order valence-electron chi connectivity index (χ0n) is 9.40. The SMILES string of the molecule is Brc1cnn(CCNC2CCC[C@H]3C[C@@H]23)c1. The smallest absolute Gasteiger partial charge is 0.0632 e. The van der Waals surface area contributed by atoms with Gasteiger partial charge in [0.1, 0.15) is 0 Å². The Morgan fingerprint density at radius 3 is 3.25 bits per heavy atom. The van der Waals surface area contributed by atoms with E-state index in [4.69, 9.17) is 0 Å². The molecule has 0 saturated heterocycles. The van der Waals surface area contributed by atoms with Gasteiger partial charge in [-0.3, -0.25) is 4.68 Å². The van der Waals surface area contributed by atoms with E-state index in [0.29, 0.717) is 0 Å². The molecule has 0 amide bonds. The van der Waals surface area contributed by atoms with Gasteiger partial charge < -0.3 is 5.32 Å². The third-order valence-electron chi connectivity index (χ3n) is 3.93. The maximum absolute atomic E-state index is 4.26. The summed E-state index contributed by atoms with van der Waals surface area (Å²) in [5.74, 6) is 2.06. The summed E-state index contributed by atoms with van der Waals surface area (Å²) in [4.78, 5) is 0. The molecule has 2 aliphatic carbocycles. The maximum Gasteiger partial charge on any atom is 0.0632 e. The molecule has 4 heteroatoms. The van der Waals surface area contributed by atoms with Gasteiger partial charge in [0.25, 0.3) is 0 Å². The van der Waals surface area contributed by atoms with Crippen molar-refractivity contribution in [1.29, 1.82) is 0 Å². The molecule has 3 rings (SSSR count). The highest BCUT2D eigenvalue weighted by molar-refractivity contribution is 9.10. The highest BCUT2D eigenvalue weighted by atomic mass is 79.9. The van der Waals surface area contributed by atoms with E-state index in [1.54, 1.807) is 0 Å². The second-order valence-corrected chi connectivity index (χ2v) is 5.99. The summed E-state index contributed by atoms with van der Waals surface area (Å²) in [5, 5.41) is 7.95. The number of nitrogens with zero attached hydrogens (tertiary/aromatic N) is 2. The van der Waals surface area contributed by atoms with Crippen molar-refractivity contribution in [3.63, 3.8) is 0 Å². The molecule has 16 heavy (non-hydrogen) atoms. The molecule has 0 radical (unpaired) electrons. The number of fused-ring (bicyclic) bond motifs is 1. The first kappa shape index (κ1) is 10.8. The minimum atomic E-state index is 0.790. The zero-order valence-corrected chi connectivity index (χ0v) is 11.0. The second kappa shape index (κ2) is 4.49. The van der Waals surface area contributed by atoms with E-state index in [0.717, 1.165) is 35.4 Å². The largest absolute Gasteiger partial charge is 0.312 e. The van der Waals surface area contributed by atoms with Crippen molar-refractivity contribution in [2.75, 3.05) is 6.54 Å². The van der Waals surface area contributed by atoms with Gasteiger partial charge in [0.05, 0.1) is 17.2 Å². The predicted octanol–water partition coefficient (Wildman–Crippen LogP) is 2.42. The number of hydrogen-bond donors (Lipinski definition) is 1.